The van der Waals surface area contributed by atoms with Crippen LogP contribution in [0.3, 0.4) is 0 Å². The molecule has 3 rings (SSSR count). The summed E-state index contributed by atoms with van der Waals surface area (Å²) in [6.45, 7) is 1.77. The number of halogens is 1. The minimum atomic E-state index is -0.290. The fourth-order valence-electron chi connectivity index (χ4n) is 3.37. The number of nitrogens with one attached hydrogen (secondary N) is 1. The van der Waals surface area contributed by atoms with Crippen molar-refractivity contribution in [3.63, 3.8) is 0 Å². The van der Waals surface area contributed by atoms with Gasteiger partial charge in [0.25, 0.3) is 0 Å². The number of rotatable bonds is 3. The Balaban J connectivity index is 1.88. The average molecular weight is 378 g/mol. The van der Waals surface area contributed by atoms with E-state index in [1.165, 1.54) is 0 Å². The normalized spacial score (nSPS) is 22.2. The summed E-state index contributed by atoms with van der Waals surface area (Å²) < 4.78 is 6.64. The highest BCUT2D eigenvalue weighted by molar-refractivity contribution is 9.10. The van der Waals surface area contributed by atoms with Crippen LogP contribution in [0.15, 0.2) is 40.0 Å². The average Bonchev–Trinajstić information content (AvgIpc) is 3.00. The van der Waals surface area contributed by atoms with Crippen molar-refractivity contribution in [1.82, 2.24) is 5.32 Å². The van der Waals surface area contributed by atoms with Crippen molar-refractivity contribution in [1.29, 1.82) is 0 Å². The Hall–Kier alpha value is -1.62. The van der Waals surface area contributed by atoms with Gasteiger partial charge in [0.1, 0.15) is 6.10 Å². The zero-order chi connectivity index (χ0) is 16.4. The van der Waals surface area contributed by atoms with E-state index in [0.29, 0.717) is 11.3 Å². The molecule has 0 saturated heterocycles. The Bertz CT molecular complexity index is 645. The van der Waals surface area contributed by atoms with Crippen molar-refractivity contribution in [2.24, 2.45) is 0 Å². The second-order valence-electron chi connectivity index (χ2n) is 6.21. The zero-order valence-corrected chi connectivity index (χ0v) is 14.7. The van der Waals surface area contributed by atoms with Crippen LogP contribution in [0, 0.1) is 0 Å². The predicted molar refractivity (Wildman–Crippen MR) is 90.7 cm³/mol. The van der Waals surface area contributed by atoms with E-state index in [-0.39, 0.29) is 30.3 Å². The first-order valence-electron chi connectivity index (χ1n) is 8.01. The maximum absolute atomic E-state index is 12.7. The summed E-state index contributed by atoms with van der Waals surface area (Å²) in [6.07, 6.45) is 4.39. The second-order valence-corrected chi connectivity index (χ2v) is 7.12. The minimum Gasteiger partial charge on any atom is -0.459 e. The van der Waals surface area contributed by atoms with Gasteiger partial charge in [-0.3, -0.25) is 4.79 Å². The van der Waals surface area contributed by atoms with Gasteiger partial charge in [-0.25, -0.2) is 4.79 Å². The molecule has 0 unspecified atom stereocenters. The molecular formula is C18H20BrNO3. The van der Waals surface area contributed by atoms with Gasteiger partial charge in [-0.15, -0.1) is 0 Å². The smallest absolute Gasteiger partial charge is 0.336 e. The van der Waals surface area contributed by atoms with Gasteiger partial charge in [-0.2, -0.15) is 0 Å². The van der Waals surface area contributed by atoms with Crippen LogP contribution in [0.1, 0.15) is 50.5 Å². The zero-order valence-electron chi connectivity index (χ0n) is 13.1. The highest BCUT2D eigenvalue weighted by Crippen LogP contribution is 2.35. The summed E-state index contributed by atoms with van der Waals surface area (Å²) in [5.74, 6) is -0.596. The van der Waals surface area contributed by atoms with Crippen molar-refractivity contribution in [3.8, 4) is 0 Å². The molecule has 122 valence electrons. The maximum Gasteiger partial charge on any atom is 0.336 e. The highest BCUT2D eigenvalue weighted by Gasteiger charge is 2.34. The molecule has 5 heteroatoms. The van der Waals surface area contributed by atoms with Gasteiger partial charge in [0.2, 0.25) is 5.91 Å². The van der Waals surface area contributed by atoms with E-state index < -0.39 is 0 Å². The van der Waals surface area contributed by atoms with Crippen molar-refractivity contribution < 1.29 is 14.3 Å². The molecule has 0 bridgehead atoms. The first-order valence-corrected chi connectivity index (χ1v) is 8.81. The van der Waals surface area contributed by atoms with E-state index >= 15 is 0 Å². The lowest BCUT2D eigenvalue weighted by atomic mass is 9.84. The van der Waals surface area contributed by atoms with Gasteiger partial charge in [-0.1, -0.05) is 28.1 Å². The monoisotopic (exact) mass is 377 g/mol. The molecule has 1 amide bonds. The molecule has 4 nitrogen and oxygen atoms in total. The van der Waals surface area contributed by atoms with Crippen LogP contribution in [0.25, 0.3) is 0 Å². The highest BCUT2D eigenvalue weighted by atomic mass is 79.9. The molecule has 1 atom stereocenters. The largest absolute Gasteiger partial charge is 0.459 e. The molecule has 1 N–H and O–H groups in total. The number of ether oxygens (including phenoxy) is 1. The molecule has 1 aliphatic heterocycles. The summed E-state index contributed by atoms with van der Waals surface area (Å²) >= 11 is 3.41. The van der Waals surface area contributed by atoms with E-state index in [2.05, 4.69) is 21.2 Å². The van der Waals surface area contributed by atoms with Gasteiger partial charge in [0, 0.05) is 22.5 Å². The van der Waals surface area contributed by atoms with Crippen LogP contribution < -0.4 is 5.32 Å². The maximum atomic E-state index is 12.7. The molecule has 1 saturated carbocycles. The Kier molecular flexibility index (Phi) is 4.85. The van der Waals surface area contributed by atoms with E-state index in [0.717, 1.165) is 35.7 Å². The fourth-order valence-corrected chi connectivity index (χ4v) is 3.64. The molecule has 1 aromatic rings. The molecule has 1 heterocycles. The lowest BCUT2D eigenvalue weighted by Gasteiger charge is -2.27. The lowest BCUT2D eigenvalue weighted by Crippen LogP contribution is -2.35. The number of allylic oxidation sites excluding steroid dienone is 1. The summed E-state index contributed by atoms with van der Waals surface area (Å²) in [4.78, 5) is 24.6. The molecule has 0 aromatic heterocycles. The van der Waals surface area contributed by atoms with Crippen LogP contribution in [-0.4, -0.2) is 18.0 Å². The molecule has 23 heavy (non-hydrogen) atoms. The van der Waals surface area contributed by atoms with Gasteiger partial charge in [0.05, 0.1) is 5.57 Å². The number of carbonyl (C=O) groups is 2. The lowest BCUT2D eigenvalue weighted by molar-refractivity contribution is -0.144. The summed E-state index contributed by atoms with van der Waals surface area (Å²) in [5.41, 5.74) is 2.15. The standard InChI is InChI=1S/C18H20BrNO3/c1-11-17(18(22)23-14-4-2-3-5-14)15(10-16(21)20-11)12-6-8-13(19)9-7-12/h6-9,14-15H,2-5,10H2,1H3,(H,20,21)/t15-/m1/s1. The Morgan fingerprint density at radius 3 is 2.52 bits per heavy atom. The third kappa shape index (κ3) is 3.66. The number of carbonyl (C=O) groups excluding carboxylic acids is 2. The minimum absolute atomic E-state index is 0.0194. The van der Waals surface area contributed by atoms with E-state index in [4.69, 9.17) is 4.74 Å². The molecule has 2 aliphatic rings. The Morgan fingerprint density at radius 1 is 1.22 bits per heavy atom. The van der Waals surface area contributed by atoms with Gasteiger partial charge >= 0.3 is 5.97 Å². The van der Waals surface area contributed by atoms with Crippen molar-refractivity contribution in [2.75, 3.05) is 0 Å². The number of amides is 1. The van der Waals surface area contributed by atoms with E-state index in [1.54, 1.807) is 6.92 Å². The van der Waals surface area contributed by atoms with E-state index in [9.17, 15) is 9.59 Å². The van der Waals surface area contributed by atoms with Crippen molar-refractivity contribution >= 4 is 27.8 Å². The van der Waals surface area contributed by atoms with Crippen molar-refractivity contribution in [3.05, 3.63) is 45.6 Å². The molecule has 1 aromatic carbocycles. The molecule has 1 fully saturated rings. The number of hydrogen-bond acceptors (Lipinski definition) is 3. The third-order valence-electron chi connectivity index (χ3n) is 4.54. The van der Waals surface area contributed by atoms with Gasteiger partial charge < -0.3 is 10.1 Å². The van der Waals surface area contributed by atoms with Crippen LogP contribution in [-0.2, 0) is 14.3 Å². The fraction of sp³-hybridized carbons (Fsp3) is 0.444. The first kappa shape index (κ1) is 16.2. The summed E-state index contributed by atoms with van der Waals surface area (Å²) in [7, 11) is 0. The molecular weight excluding hydrogens is 358 g/mol. The Labute approximate surface area is 144 Å². The topological polar surface area (TPSA) is 55.4 Å². The number of hydrogen-bond donors (Lipinski definition) is 1. The van der Waals surface area contributed by atoms with Crippen LogP contribution in [0.4, 0.5) is 0 Å². The quantitative estimate of drug-likeness (QED) is 0.814. The third-order valence-corrected chi connectivity index (χ3v) is 5.07. The summed E-state index contributed by atoms with van der Waals surface area (Å²) in [5, 5.41) is 2.78. The molecule has 0 spiro atoms. The molecule has 1 aliphatic carbocycles. The van der Waals surface area contributed by atoms with Crippen LogP contribution in [0.5, 0.6) is 0 Å². The van der Waals surface area contributed by atoms with Gasteiger partial charge in [0.15, 0.2) is 0 Å². The first-order chi connectivity index (χ1) is 11.0. The van der Waals surface area contributed by atoms with E-state index in [1.807, 2.05) is 24.3 Å². The van der Waals surface area contributed by atoms with Crippen LogP contribution >= 0.6 is 15.9 Å². The molecule has 0 radical (unpaired) electrons. The van der Waals surface area contributed by atoms with Crippen molar-refractivity contribution in [2.45, 2.75) is 51.0 Å². The number of benzene rings is 1. The SMILES string of the molecule is CC1=C(C(=O)OC2CCCC2)[C@@H](c2ccc(Br)cc2)CC(=O)N1. The Morgan fingerprint density at radius 2 is 1.87 bits per heavy atom. The predicted octanol–water partition coefficient (Wildman–Crippen LogP) is 3.81. The number of esters is 1. The summed E-state index contributed by atoms with van der Waals surface area (Å²) in [6, 6.07) is 7.75. The van der Waals surface area contributed by atoms with Crippen LogP contribution in [0.2, 0.25) is 0 Å². The van der Waals surface area contributed by atoms with Gasteiger partial charge in [-0.05, 0) is 50.3 Å². The second kappa shape index (κ2) is 6.87.